The zero-order valence-corrected chi connectivity index (χ0v) is 34.6. The van der Waals surface area contributed by atoms with Gasteiger partial charge in [-0.3, -0.25) is 9.36 Å². The molecule has 0 fully saturated rings. The third kappa shape index (κ3) is 36.3. The van der Waals surface area contributed by atoms with Crippen molar-refractivity contribution < 1.29 is 32.9 Å². The molecule has 3 atom stereocenters. The van der Waals surface area contributed by atoms with E-state index in [9.17, 15) is 19.4 Å². The number of rotatable bonds is 35. The largest absolute Gasteiger partial charge is 0.756 e. The van der Waals surface area contributed by atoms with E-state index in [4.69, 9.17) is 9.05 Å². The van der Waals surface area contributed by atoms with E-state index in [2.05, 4.69) is 79.9 Å². The molecule has 0 aromatic carbocycles. The van der Waals surface area contributed by atoms with Crippen molar-refractivity contribution in [3.05, 3.63) is 72.9 Å². The Kier molecular flexibility index (Phi) is 33.3. The first-order valence-corrected chi connectivity index (χ1v) is 21.8. The maximum atomic E-state index is 12.8. The Balaban J connectivity index is 4.54. The first-order chi connectivity index (χ1) is 25.0. The molecule has 0 saturated carbocycles. The molecular formula is C43H77N2O6P. The molecule has 1 amide bonds. The monoisotopic (exact) mass is 749 g/mol. The van der Waals surface area contributed by atoms with Gasteiger partial charge in [0.25, 0.3) is 7.82 Å². The van der Waals surface area contributed by atoms with Crippen LogP contribution in [0.3, 0.4) is 0 Å². The second kappa shape index (κ2) is 34.7. The summed E-state index contributed by atoms with van der Waals surface area (Å²) in [5, 5.41) is 13.7. The van der Waals surface area contributed by atoms with Crippen LogP contribution < -0.4 is 10.2 Å². The molecule has 9 heteroatoms. The van der Waals surface area contributed by atoms with Crippen LogP contribution in [0.15, 0.2) is 72.9 Å². The number of nitrogens with zero attached hydrogens (tertiary/aromatic N) is 1. The summed E-state index contributed by atoms with van der Waals surface area (Å²) in [4.78, 5) is 25.2. The highest BCUT2D eigenvalue weighted by molar-refractivity contribution is 7.45. The average Bonchev–Trinajstić information content (AvgIpc) is 3.09. The molecule has 0 heterocycles. The molecule has 0 aliphatic heterocycles. The van der Waals surface area contributed by atoms with Crippen molar-refractivity contribution in [3.8, 4) is 0 Å². The van der Waals surface area contributed by atoms with E-state index < -0.39 is 26.6 Å². The fourth-order valence-electron chi connectivity index (χ4n) is 5.18. The van der Waals surface area contributed by atoms with Gasteiger partial charge in [-0.15, -0.1) is 0 Å². The molecule has 0 aliphatic rings. The Morgan fingerprint density at radius 1 is 0.692 bits per heavy atom. The fourth-order valence-corrected chi connectivity index (χ4v) is 5.90. The molecule has 300 valence electrons. The number of unbranched alkanes of at least 4 members (excludes halogenated alkanes) is 12. The summed E-state index contributed by atoms with van der Waals surface area (Å²) >= 11 is 0. The van der Waals surface area contributed by atoms with Gasteiger partial charge in [-0.1, -0.05) is 145 Å². The fraction of sp³-hybridized carbons (Fsp3) is 0.698. The van der Waals surface area contributed by atoms with Gasteiger partial charge < -0.3 is 28.8 Å². The predicted molar refractivity (Wildman–Crippen MR) is 219 cm³/mol. The van der Waals surface area contributed by atoms with Crippen LogP contribution in [0.2, 0.25) is 0 Å². The predicted octanol–water partition coefficient (Wildman–Crippen LogP) is 10.2. The van der Waals surface area contributed by atoms with E-state index in [1.165, 1.54) is 44.9 Å². The number of likely N-dealkylation sites (N-methyl/N-ethyl adjacent to an activating group) is 1. The van der Waals surface area contributed by atoms with Gasteiger partial charge in [-0.25, -0.2) is 0 Å². The lowest BCUT2D eigenvalue weighted by atomic mass is 10.1. The summed E-state index contributed by atoms with van der Waals surface area (Å²) in [6.45, 7) is 4.45. The minimum Gasteiger partial charge on any atom is -0.756 e. The number of hydrogen-bond acceptors (Lipinski definition) is 6. The van der Waals surface area contributed by atoms with E-state index in [0.29, 0.717) is 23.9 Å². The standard InChI is InChI=1S/C43H77N2O6P/c1-6-8-10-12-14-16-18-19-20-21-22-23-24-25-27-29-31-33-35-37-43(47)44-41(40-51-52(48,49)50-39-38-45(3,4)5)42(46)36-34-32-30-28-26-17-15-13-11-9-7-2/h8,10,14,16,19-20,22-23,25,27,34,36,41-42,46H,6-7,9,11-13,15,17-18,21,24,26,28-33,35,37-40H2,1-5H3,(H-,44,47,48,49)/b10-8-,16-14-,20-19-,23-22-,27-25-,36-34+. The summed E-state index contributed by atoms with van der Waals surface area (Å²) in [6.07, 6.45) is 45.1. The van der Waals surface area contributed by atoms with Crippen molar-refractivity contribution >= 4 is 13.7 Å². The lowest BCUT2D eigenvalue weighted by Crippen LogP contribution is -2.45. The lowest BCUT2D eigenvalue weighted by molar-refractivity contribution is -0.870. The number of carbonyl (C=O) groups excluding carboxylic acids is 1. The molecule has 0 radical (unpaired) electrons. The maximum absolute atomic E-state index is 12.8. The topological polar surface area (TPSA) is 108 Å². The van der Waals surface area contributed by atoms with Gasteiger partial charge in [-0.05, 0) is 64.2 Å². The van der Waals surface area contributed by atoms with Crippen LogP contribution in [0.5, 0.6) is 0 Å². The summed E-state index contributed by atoms with van der Waals surface area (Å²) < 4.78 is 23.1. The quantitative estimate of drug-likeness (QED) is 0.0289. The number of carbonyl (C=O) groups is 1. The Morgan fingerprint density at radius 2 is 1.17 bits per heavy atom. The van der Waals surface area contributed by atoms with Crippen LogP contribution in [0.4, 0.5) is 0 Å². The van der Waals surface area contributed by atoms with Crippen molar-refractivity contribution in [1.29, 1.82) is 0 Å². The highest BCUT2D eigenvalue weighted by Gasteiger charge is 2.23. The van der Waals surface area contributed by atoms with Crippen molar-refractivity contribution in [3.63, 3.8) is 0 Å². The summed E-state index contributed by atoms with van der Waals surface area (Å²) in [5.41, 5.74) is 0. The normalized spacial score (nSPS) is 15.3. The first-order valence-electron chi connectivity index (χ1n) is 20.3. The third-order valence-electron chi connectivity index (χ3n) is 8.42. The summed E-state index contributed by atoms with van der Waals surface area (Å²) in [6, 6.07) is -0.905. The number of quaternary nitrogens is 1. The van der Waals surface area contributed by atoms with Crippen molar-refractivity contribution in [2.45, 2.75) is 154 Å². The maximum Gasteiger partial charge on any atom is 0.268 e. The zero-order valence-electron chi connectivity index (χ0n) is 33.7. The Hall–Kier alpha value is -2.06. The smallest absolute Gasteiger partial charge is 0.268 e. The molecule has 52 heavy (non-hydrogen) atoms. The van der Waals surface area contributed by atoms with Gasteiger partial charge in [0.15, 0.2) is 0 Å². The molecule has 2 N–H and O–H groups in total. The number of allylic oxidation sites excluding steroid dienone is 11. The van der Waals surface area contributed by atoms with Gasteiger partial charge in [0, 0.05) is 6.42 Å². The van der Waals surface area contributed by atoms with Crippen LogP contribution in [-0.2, 0) is 18.4 Å². The summed E-state index contributed by atoms with van der Waals surface area (Å²) in [5.74, 6) is -0.235. The number of amides is 1. The molecule has 0 bridgehead atoms. The van der Waals surface area contributed by atoms with Crippen molar-refractivity contribution in [2.75, 3.05) is 40.9 Å². The van der Waals surface area contributed by atoms with Crippen molar-refractivity contribution in [1.82, 2.24) is 5.32 Å². The van der Waals surface area contributed by atoms with Gasteiger partial charge in [-0.2, -0.15) is 0 Å². The zero-order chi connectivity index (χ0) is 38.6. The van der Waals surface area contributed by atoms with E-state index in [-0.39, 0.29) is 12.5 Å². The molecule has 0 aliphatic carbocycles. The molecule has 3 unspecified atom stereocenters. The number of nitrogens with one attached hydrogen (secondary N) is 1. The third-order valence-corrected chi connectivity index (χ3v) is 9.39. The Bertz CT molecular complexity index is 1080. The molecule has 0 aromatic rings. The van der Waals surface area contributed by atoms with E-state index in [1.54, 1.807) is 6.08 Å². The number of aliphatic hydroxyl groups excluding tert-OH is 1. The Morgan fingerprint density at radius 3 is 1.71 bits per heavy atom. The average molecular weight is 749 g/mol. The highest BCUT2D eigenvalue weighted by Crippen LogP contribution is 2.38. The van der Waals surface area contributed by atoms with Crippen LogP contribution in [-0.4, -0.2) is 68.5 Å². The minimum atomic E-state index is -4.59. The van der Waals surface area contributed by atoms with E-state index in [1.807, 2.05) is 27.2 Å². The van der Waals surface area contributed by atoms with Crippen LogP contribution in [0.1, 0.15) is 142 Å². The lowest BCUT2D eigenvalue weighted by Gasteiger charge is -2.29. The first kappa shape index (κ1) is 49.9. The molecule has 0 saturated heterocycles. The van der Waals surface area contributed by atoms with Gasteiger partial charge >= 0.3 is 0 Å². The van der Waals surface area contributed by atoms with Gasteiger partial charge in [0.1, 0.15) is 13.2 Å². The van der Waals surface area contributed by atoms with Crippen LogP contribution in [0.25, 0.3) is 0 Å². The van der Waals surface area contributed by atoms with E-state index >= 15 is 0 Å². The Labute approximate surface area is 319 Å². The number of hydrogen-bond donors (Lipinski definition) is 2. The molecule has 0 rings (SSSR count). The molecule has 0 spiro atoms. The second-order valence-electron chi connectivity index (χ2n) is 14.6. The van der Waals surface area contributed by atoms with Crippen LogP contribution in [0, 0.1) is 0 Å². The number of phosphoric ester groups is 1. The number of phosphoric acid groups is 1. The van der Waals surface area contributed by atoms with Crippen molar-refractivity contribution in [2.24, 2.45) is 0 Å². The van der Waals surface area contributed by atoms with Gasteiger partial charge in [0.05, 0.1) is 39.9 Å². The SMILES string of the molecule is CC/C=C\C/C=C\C/C=C\C/C=C\C/C=C\CCCCCC(=O)NC(COP(=O)([O-])OCC[N+](C)(C)C)C(O)/C=C/CCCCCCCCCCC. The molecular weight excluding hydrogens is 671 g/mol. The minimum absolute atomic E-state index is 0.0118. The highest BCUT2D eigenvalue weighted by atomic mass is 31.2. The summed E-state index contributed by atoms with van der Waals surface area (Å²) in [7, 11) is 1.22. The van der Waals surface area contributed by atoms with E-state index in [0.717, 1.165) is 70.6 Å². The van der Waals surface area contributed by atoms with Gasteiger partial charge in [0.2, 0.25) is 5.91 Å². The molecule has 0 aromatic heterocycles. The second-order valence-corrected chi connectivity index (χ2v) is 16.0. The molecule has 8 nitrogen and oxygen atoms in total. The van der Waals surface area contributed by atoms with Crippen LogP contribution >= 0.6 is 7.82 Å². The number of aliphatic hydroxyl groups is 1.